The highest BCUT2D eigenvalue weighted by Gasteiger charge is 2.29. The molecule has 1 aromatic heterocycles. The summed E-state index contributed by atoms with van der Waals surface area (Å²) < 4.78 is 0. The van der Waals surface area contributed by atoms with Crippen LogP contribution < -0.4 is 10.6 Å². The van der Waals surface area contributed by atoms with Crippen LogP contribution in [-0.4, -0.2) is 28.5 Å². The average molecular weight is 256 g/mol. The van der Waals surface area contributed by atoms with E-state index in [9.17, 15) is 4.79 Å². The average Bonchev–Trinajstić information content (AvgIpc) is 2.85. The van der Waals surface area contributed by atoms with Crippen LogP contribution >= 0.6 is 0 Å². The van der Waals surface area contributed by atoms with E-state index in [1.807, 2.05) is 25.1 Å². The molecule has 0 radical (unpaired) electrons. The van der Waals surface area contributed by atoms with Crippen molar-refractivity contribution in [3.63, 3.8) is 0 Å². The van der Waals surface area contributed by atoms with E-state index >= 15 is 0 Å². The third-order valence-electron chi connectivity index (χ3n) is 3.60. The van der Waals surface area contributed by atoms with Crippen LogP contribution in [0.4, 0.5) is 5.69 Å². The lowest BCUT2D eigenvalue weighted by Gasteiger charge is -2.15. The number of amides is 1. The molecule has 98 valence electrons. The minimum atomic E-state index is 0.0394. The van der Waals surface area contributed by atoms with Crippen LogP contribution in [-0.2, 0) is 4.79 Å². The predicted octanol–water partition coefficient (Wildman–Crippen LogP) is 1.57. The molecule has 1 aliphatic heterocycles. The highest BCUT2D eigenvalue weighted by atomic mass is 16.1. The Bertz CT molecular complexity index is 613. The van der Waals surface area contributed by atoms with Crippen molar-refractivity contribution in [1.82, 2.24) is 15.3 Å². The van der Waals surface area contributed by atoms with Gasteiger partial charge < -0.3 is 10.6 Å². The lowest BCUT2D eigenvalue weighted by Crippen LogP contribution is -2.32. The molecule has 5 nitrogen and oxygen atoms in total. The Morgan fingerprint density at radius 3 is 2.84 bits per heavy atom. The molecule has 2 N–H and O–H groups in total. The third-order valence-corrected chi connectivity index (χ3v) is 3.60. The molecule has 1 aromatic carbocycles. The van der Waals surface area contributed by atoms with Gasteiger partial charge in [0.05, 0.1) is 17.0 Å². The van der Waals surface area contributed by atoms with Crippen molar-refractivity contribution in [1.29, 1.82) is 0 Å². The highest BCUT2D eigenvalue weighted by molar-refractivity contribution is 5.94. The topological polar surface area (TPSA) is 66.9 Å². The first-order chi connectivity index (χ1) is 9.24. The second-order valence-electron chi connectivity index (χ2n) is 4.89. The van der Waals surface area contributed by atoms with Gasteiger partial charge in [-0.3, -0.25) is 14.8 Å². The SMILES string of the molecule is CC1NCCC1C(=O)Nc1ccc2nccnc2c1. The molecule has 5 heteroatoms. The summed E-state index contributed by atoms with van der Waals surface area (Å²) in [5.74, 6) is 0.110. The number of benzene rings is 1. The van der Waals surface area contributed by atoms with Gasteiger partial charge in [-0.2, -0.15) is 0 Å². The maximum atomic E-state index is 12.2. The van der Waals surface area contributed by atoms with Crippen LogP contribution in [0.5, 0.6) is 0 Å². The van der Waals surface area contributed by atoms with E-state index in [1.165, 1.54) is 0 Å². The minimum Gasteiger partial charge on any atom is -0.326 e. The Morgan fingerprint density at radius 2 is 2.11 bits per heavy atom. The van der Waals surface area contributed by atoms with Gasteiger partial charge in [0.25, 0.3) is 0 Å². The Kier molecular flexibility index (Phi) is 3.13. The molecule has 2 atom stereocenters. The molecule has 1 aliphatic rings. The van der Waals surface area contributed by atoms with E-state index < -0.39 is 0 Å². The fourth-order valence-electron chi connectivity index (χ4n) is 2.49. The van der Waals surface area contributed by atoms with E-state index in [0.717, 1.165) is 29.7 Å². The zero-order valence-corrected chi connectivity index (χ0v) is 10.8. The van der Waals surface area contributed by atoms with Gasteiger partial charge in [0.2, 0.25) is 5.91 Å². The molecule has 0 aliphatic carbocycles. The van der Waals surface area contributed by atoms with Crippen molar-refractivity contribution >= 4 is 22.6 Å². The molecule has 1 saturated heterocycles. The molecule has 2 unspecified atom stereocenters. The van der Waals surface area contributed by atoms with E-state index in [-0.39, 0.29) is 17.9 Å². The van der Waals surface area contributed by atoms with Gasteiger partial charge in [-0.25, -0.2) is 0 Å². The molecule has 2 aromatic rings. The zero-order chi connectivity index (χ0) is 13.2. The van der Waals surface area contributed by atoms with Gasteiger partial charge in [-0.05, 0) is 38.1 Å². The van der Waals surface area contributed by atoms with Crippen molar-refractivity contribution in [3.8, 4) is 0 Å². The van der Waals surface area contributed by atoms with E-state index in [2.05, 4.69) is 20.6 Å². The summed E-state index contributed by atoms with van der Waals surface area (Å²) >= 11 is 0. The lowest BCUT2D eigenvalue weighted by atomic mass is 10.0. The molecule has 0 spiro atoms. The summed E-state index contributed by atoms with van der Waals surface area (Å²) in [6.07, 6.45) is 4.20. The van der Waals surface area contributed by atoms with Crippen molar-refractivity contribution < 1.29 is 4.79 Å². The third kappa shape index (κ3) is 2.42. The molecule has 2 heterocycles. The largest absolute Gasteiger partial charge is 0.326 e. The Labute approximate surface area is 111 Å². The van der Waals surface area contributed by atoms with Crippen LogP contribution in [0.1, 0.15) is 13.3 Å². The normalized spacial score (nSPS) is 22.6. The molecule has 3 rings (SSSR count). The van der Waals surface area contributed by atoms with Gasteiger partial charge >= 0.3 is 0 Å². The van der Waals surface area contributed by atoms with Crippen LogP contribution in [0.3, 0.4) is 0 Å². The number of nitrogens with zero attached hydrogens (tertiary/aromatic N) is 2. The Hall–Kier alpha value is -2.01. The molecular formula is C14H16N4O. The summed E-state index contributed by atoms with van der Waals surface area (Å²) in [5.41, 5.74) is 2.39. The number of aromatic nitrogens is 2. The molecule has 1 amide bonds. The fourth-order valence-corrected chi connectivity index (χ4v) is 2.49. The van der Waals surface area contributed by atoms with Gasteiger partial charge in [-0.15, -0.1) is 0 Å². The van der Waals surface area contributed by atoms with Crippen LogP contribution in [0.25, 0.3) is 11.0 Å². The van der Waals surface area contributed by atoms with Crippen LogP contribution in [0.15, 0.2) is 30.6 Å². The standard InChI is InChI=1S/C14H16N4O/c1-9-11(4-5-15-9)14(19)18-10-2-3-12-13(8-10)17-7-6-16-12/h2-3,6-9,11,15H,4-5H2,1H3,(H,18,19). The molecular weight excluding hydrogens is 240 g/mol. The van der Waals surface area contributed by atoms with Crippen molar-refractivity contribution in [2.75, 3.05) is 11.9 Å². The Balaban J connectivity index is 1.79. The smallest absolute Gasteiger partial charge is 0.229 e. The first kappa shape index (κ1) is 12.0. The number of nitrogens with one attached hydrogen (secondary N) is 2. The Morgan fingerprint density at radius 1 is 1.32 bits per heavy atom. The van der Waals surface area contributed by atoms with Crippen LogP contribution in [0.2, 0.25) is 0 Å². The van der Waals surface area contributed by atoms with Gasteiger partial charge in [0, 0.05) is 24.1 Å². The summed E-state index contributed by atoms with van der Waals surface area (Å²) in [6.45, 7) is 2.95. The van der Waals surface area contributed by atoms with Crippen molar-refractivity contribution in [3.05, 3.63) is 30.6 Å². The summed E-state index contributed by atoms with van der Waals surface area (Å²) in [5, 5.41) is 6.24. The molecule has 19 heavy (non-hydrogen) atoms. The lowest BCUT2D eigenvalue weighted by molar-refractivity contribution is -0.119. The molecule has 0 bridgehead atoms. The highest BCUT2D eigenvalue weighted by Crippen LogP contribution is 2.20. The number of fused-ring (bicyclic) bond motifs is 1. The van der Waals surface area contributed by atoms with Crippen LogP contribution in [0, 0.1) is 5.92 Å². The summed E-state index contributed by atoms with van der Waals surface area (Å²) in [6, 6.07) is 5.82. The van der Waals surface area contributed by atoms with Gasteiger partial charge in [-0.1, -0.05) is 0 Å². The number of anilines is 1. The quantitative estimate of drug-likeness (QED) is 0.856. The number of carbonyl (C=O) groups is 1. The van der Waals surface area contributed by atoms with Gasteiger partial charge in [0.15, 0.2) is 0 Å². The first-order valence-corrected chi connectivity index (χ1v) is 6.49. The van der Waals surface area contributed by atoms with E-state index in [0.29, 0.717) is 0 Å². The molecule has 1 fully saturated rings. The molecule has 0 saturated carbocycles. The summed E-state index contributed by atoms with van der Waals surface area (Å²) in [7, 11) is 0. The van der Waals surface area contributed by atoms with Gasteiger partial charge in [0.1, 0.15) is 0 Å². The van der Waals surface area contributed by atoms with E-state index in [4.69, 9.17) is 0 Å². The minimum absolute atomic E-state index is 0.0394. The predicted molar refractivity (Wildman–Crippen MR) is 73.7 cm³/mol. The maximum absolute atomic E-state index is 12.2. The summed E-state index contributed by atoms with van der Waals surface area (Å²) in [4.78, 5) is 20.6. The second-order valence-corrected chi connectivity index (χ2v) is 4.89. The first-order valence-electron chi connectivity index (χ1n) is 6.49. The zero-order valence-electron chi connectivity index (χ0n) is 10.8. The van der Waals surface area contributed by atoms with Crippen molar-refractivity contribution in [2.45, 2.75) is 19.4 Å². The van der Waals surface area contributed by atoms with E-state index in [1.54, 1.807) is 12.4 Å². The number of hydrogen-bond donors (Lipinski definition) is 2. The number of carbonyl (C=O) groups excluding carboxylic acids is 1. The van der Waals surface area contributed by atoms with Crippen molar-refractivity contribution in [2.24, 2.45) is 5.92 Å². The monoisotopic (exact) mass is 256 g/mol. The number of rotatable bonds is 2. The second kappa shape index (κ2) is 4.93. The number of hydrogen-bond acceptors (Lipinski definition) is 4. The fraction of sp³-hybridized carbons (Fsp3) is 0.357. The maximum Gasteiger partial charge on any atom is 0.229 e.